The molecule has 0 fully saturated rings. The van der Waals surface area contributed by atoms with Gasteiger partial charge in [0.15, 0.2) is 11.6 Å². The molecule has 0 aromatic heterocycles. The summed E-state index contributed by atoms with van der Waals surface area (Å²) in [5.41, 5.74) is 4.44. The Hall–Kier alpha value is -2.71. The summed E-state index contributed by atoms with van der Waals surface area (Å²) in [5, 5.41) is 41.5. The quantitative estimate of drug-likeness (QED) is 0.280. The van der Waals surface area contributed by atoms with E-state index < -0.39 is 41.1 Å². The topological polar surface area (TPSA) is 158 Å². The molecule has 0 aliphatic heterocycles. The number of benzene rings is 1. The molecule has 2 aliphatic rings. The Morgan fingerprint density at radius 3 is 2.45 bits per heavy atom. The number of primary amides is 1. The van der Waals surface area contributed by atoms with Gasteiger partial charge in [0.25, 0.3) is 5.91 Å². The number of hydrogen-bond donors (Lipinski definition) is 5. The number of amides is 1. The molecule has 0 saturated carbocycles. The maximum Gasteiger partial charge on any atom is 0.255 e. The Kier molecular flexibility index (Phi) is 7.59. The van der Waals surface area contributed by atoms with Crippen molar-refractivity contribution in [3.8, 4) is 5.75 Å². The molecule has 2 aliphatic carbocycles. The van der Waals surface area contributed by atoms with Gasteiger partial charge in [-0.05, 0) is 48.8 Å². The molecule has 33 heavy (non-hydrogen) atoms. The molecule has 0 saturated heterocycles. The van der Waals surface area contributed by atoms with Crippen LogP contribution in [0.4, 0.5) is 0 Å². The number of Topliss-reactive ketones (excluding diaryl/α,β-unsaturated/α-hetero) is 2. The highest BCUT2D eigenvalue weighted by molar-refractivity contribution is 6.20. The first-order valence-corrected chi connectivity index (χ1v) is 11.6. The molecule has 0 spiro atoms. The first-order valence-electron chi connectivity index (χ1n) is 11.6. The number of carbonyl (C=O) groups excluding carboxylic acids is 3. The lowest BCUT2D eigenvalue weighted by atomic mass is 9.68. The fraction of sp³-hybridized carbons (Fsp3) is 0.560. The number of aliphatic hydroxyl groups is 3. The number of aliphatic hydroxyl groups excluding tert-OH is 2. The zero-order valence-electron chi connectivity index (χ0n) is 19.0. The van der Waals surface area contributed by atoms with Crippen molar-refractivity contribution in [2.75, 3.05) is 6.61 Å². The summed E-state index contributed by atoms with van der Waals surface area (Å²) in [7, 11) is 0. The average molecular weight is 460 g/mol. The lowest BCUT2D eigenvalue weighted by Crippen LogP contribution is -2.51. The van der Waals surface area contributed by atoms with Gasteiger partial charge in [-0.25, -0.2) is 0 Å². The van der Waals surface area contributed by atoms with E-state index in [4.69, 9.17) is 5.73 Å². The molecule has 8 heteroatoms. The van der Waals surface area contributed by atoms with Crippen LogP contribution in [0.2, 0.25) is 0 Å². The van der Waals surface area contributed by atoms with Crippen LogP contribution in [0.15, 0.2) is 23.5 Å². The number of nitrogens with two attached hydrogens (primary N) is 1. The van der Waals surface area contributed by atoms with E-state index in [1.54, 1.807) is 6.07 Å². The van der Waals surface area contributed by atoms with Gasteiger partial charge in [0.05, 0.1) is 12.2 Å². The van der Waals surface area contributed by atoms with Gasteiger partial charge >= 0.3 is 0 Å². The number of aromatic hydroxyl groups is 1. The third-order valence-electron chi connectivity index (χ3n) is 7.07. The van der Waals surface area contributed by atoms with Crippen LogP contribution in [-0.4, -0.2) is 50.1 Å². The van der Waals surface area contributed by atoms with Crippen LogP contribution in [0.25, 0.3) is 0 Å². The van der Waals surface area contributed by atoms with Crippen molar-refractivity contribution in [3.05, 3.63) is 40.2 Å². The van der Waals surface area contributed by atoms with Gasteiger partial charge in [-0.3, -0.25) is 14.4 Å². The number of hydrogen-bond acceptors (Lipinski definition) is 7. The number of unbranched alkanes of at least 4 members (excludes halogenated alkanes) is 3. The molecule has 3 atom stereocenters. The van der Waals surface area contributed by atoms with Crippen molar-refractivity contribution in [2.24, 2.45) is 17.6 Å². The molecule has 8 nitrogen and oxygen atoms in total. The Morgan fingerprint density at radius 2 is 1.82 bits per heavy atom. The van der Waals surface area contributed by atoms with Crippen molar-refractivity contribution >= 4 is 17.5 Å². The molecule has 0 bridgehead atoms. The number of fused-ring (bicyclic) bond motifs is 1. The predicted molar refractivity (Wildman–Crippen MR) is 121 cm³/mol. The van der Waals surface area contributed by atoms with E-state index in [0.717, 1.165) is 43.2 Å². The fourth-order valence-electron chi connectivity index (χ4n) is 5.27. The number of phenolic OH excluding ortho intramolecular Hbond substituents is 1. The zero-order chi connectivity index (χ0) is 24.3. The summed E-state index contributed by atoms with van der Waals surface area (Å²) in [6, 6.07) is 3.41. The highest BCUT2D eigenvalue weighted by Crippen LogP contribution is 2.43. The highest BCUT2D eigenvalue weighted by atomic mass is 16.4. The SMILES string of the molecule is CCCCCCc1ccc(O)c2c1C[C@@H](C[C@H]1CC(=O)C(C(N)=O)=C(O)[C@@]1(O)CO)CC2=O. The zero-order valence-corrected chi connectivity index (χ0v) is 19.0. The van der Waals surface area contributed by atoms with Gasteiger partial charge in [0.1, 0.15) is 22.7 Å². The average Bonchev–Trinajstić information content (AvgIpc) is 2.75. The predicted octanol–water partition coefficient (Wildman–Crippen LogP) is 2.26. The van der Waals surface area contributed by atoms with Gasteiger partial charge in [0.2, 0.25) is 0 Å². The second kappa shape index (κ2) is 10.1. The first-order chi connectivity index (χ1) is 15.6. The Bertz CT molecular complexity index is 983. The van der Waals surface area contributed by atoms with Crippen molar-refractivity contribution < 1.29 is 34.8 Å². The molecule has 0 radical (unpaired) electrons. The minimum atomic E-state index is -2.19. The molecule has 0 heterocycles. The normalized spacial score (nSPS) is 25.3. The minimum absolute atomic E-state index is 0.0443. The van der Waals surface area contributed by atoms with Gasteiger partial charge in [-0.2, -0.15) is 0 Å². The number of phenols is 1. The van der Waals surface area contributed by atoms with E-state index in [1.807, 2.05) is 6.07 Å². The monoisotopic (exact) mass is 459 g/mol. The summed E-state index contributed by atoms with van der Waals surface area (Å²) >= 11 is 0. The fourth-order valence-corrected chi connectivity index (χ4v) is 5.27. The third kappa shape index (κ3) is 4.82. The maximum atomic E-state index is 12.9. The van der Waals surface area contributed by atoms with E-state index in [0.29, 0.717) is 12.0 Å². The largest absolute Gasteiger partial charge is 0.508 e. The summed E-state index contributed by atoms with van der Waals surface area (Å²) in [5.74, 6) is -4.16. The molecular formula is C25H33NO7. The van der Waals surface area contributed by atoms with Gasteiger partial charge in [-0.15, -0.1) is 0 Å². The Balaban J connectivity index is 1.86. The Morgan fingerprint density at radius 1 is 1.09 bits per heavy atom. The third-order valence-corrected chi connectivity index (χ3v) is 7.07. The molecule has 6 N–H and O–H groups in total. The molecule has 180 valence electrons. The first kappa shape index (κ1) is 24.9. The van der Waals surface area contributed by atoms with Crippen molar-refractivity contribution in [1.82, 2.24) is 0 Å². The summed E-state index contributed by atoms with van der Waals surface area (Å²) < 4.78 is 0. The van der Waals surface area contributed by atoms with E-state index in [9.17, 15) is 34.8 Å². The summed E-state index contributed by atoms with van der Waals surface area (Å²) in [4.78, 5) is 36.9. The van der Waals surface area contributed by atoms with Crippen LogP contribution < -0.4 is 5.73 Å². The second-order valence-electron chi connectivity index (χ2n) is 9.34. The van der Waals surface area contributed by atoms with Gasteiger partial charge < -0.3 is 26.2 Å². The maximum absolute atomic E-state index is 12.9. The molecule has 0 unspecified atom stereocenters. The molecule has 1 aromatic rings. The molecule has 3 rings (SSSR count). The van der Waals surface area contributed by atoms with Crippen molar-refractivity contribution in [2.45, 2.75) is 70.3 Å². The van der Waals surface area contributed by atoms with E-state index >= 15 is 0 Å². The number of rotatable bonds is 9. The molecular weight excluding hydrogens is 426 g/mol. The smallest absolute Gasteiger partial charge is 0.255 e. The van der Waals surface area contributed by atoms with Gasteiger partial charge in [-0.1, -0.05) is 32.3 Å². The summed E-state index contributed by atoms with van der Waals surface area (Å²) in [6.07, 6.45) is 5.55. The standard InChI is InChI=1S/C25H33NO7/c1-2-3-4-5-6-15-7-8-18(28)21-17(15)10-14(11-19(21)29)9-16-12-20(30)22(24(26)32)23(31)25(16,33)13-27/h7-8,14,16,27-28,31,33H,2-6,9-13H2,1H3,(H2,26,32)/t14-,16+,25-/m1/s1. The van der Waals surface area contributed by atoms with Crippen molar-refractivity contribution in [1.29, 1.82) is 0 Å². The van der Waals surface area contributed by atoms with E-state index in [1.165, 1.54) is 0 Å². The molecule has 1 aromatic carbocycles. The number of ketones is 2. The van der Waals surface area contributed by atoms with Crippen LogP contribution in [-0.2, 0) is 22.4 Å². The minimum Gasteiger partial charge on any atom is -0.508 e. The van der Waals surface area contributed by atoms with E-state index in [2.05, 4.69) is 6.92 Å². The second-order valence-corrected chi connectivity index (χ2v) is 9.34. The lowest BCUT2D eigenvalue weighted by molar-refractivity contribution is -0.130. The van der Waals surface area contributed by atoms with Crippen LogP contribution in [0.3, 0.4) is 0 Å². The van der Waals surface area contributed by atoms with Crippen LogP contribution in [0.1, 0.15) is 73.4 Å². The lowest BCUT2D eigenvalue weighted by Gasteiger charge is -2.40. The van der Waals surface area contributed by atoms with E-state index in [-0.39, 0.29) is 36.7 Å². The number of aryl methyl sites for hydroxylation is 1. The van der Waals surface area contributed by atoms with Gasteiger partial charge in [0, 0.05) is 18.8 Å². The van der Waals surface area contributed by atoms with Crippen molar-refractivity contribution in [3.63, 3.8) is 0 Å². The Labute approximate surface area is 193 Å². The van der Waals surface area contributed by atoms with Crippen LogP contribution in [0.5, 0.6) is 5.75 Å². The molecule has 1 amide bonds. The van der Waals surface area contributed by atoms with Crippen LogP contribution >= 0.6 is 0 Å². The number of carbonyl (C=O) groups is 3. The van der Waals surface area contributed by atoms with Crippen LogP contribution in [0, 0.1) is 11.8 Å². The summed E-state index contributed by atoms with van der Waals surface area (Å²) in [6.45, 7) is 1.24. The highest BCUT2D eigenvalue weighted by Gasteiger charge is 2.50.